The quantitative estimate of drug-likeness (QED) is 0.504. The van der Waals surface area contributed by atoms with Gasteiger partial charge in [0.15, 0.2) is 6.29 Å². The molecule has 1 unspecified atom stereocenters. The van der Waals surface area contributed by atoms with Crippen LogP contribution >= 0.6 is 0 Å². The molecule has 0 heterocycles. The molecule has 0 saturated heterocycles. The molecular formula is C10H18O4. The van der Waals surface area contributed by atoms with Gasteiger partial charge in [-0.25, -0.2) is 4.79 Å². The van der Waals surface area contributed by atoms with Crippen LogP contribution in [-0.2, 0) is 14.3 Å². The van der Waals surface area contributed by atoms with E-state index in [-0.39, 0.29) is 17.8 Å². The minimum absolute atomic E-state index is 0.0553. The van der Waals surface area contributed by atoms with E-state index in [0.717, 1.165) is 0 Å². The lowest BCUT2D eigenvalue weighted by molar-refractivity contribution is -0.133. The van der Waals surface area contributed by atoms with Crippen LogP contribution in [0.4, 0.5) is 0 Å². The summed E-state index contributed by atoms with van der Waals surface area (Å²) in [5, 5.41) is 8.67. The lowest BCUT2D eigenvalue weighted by Crippen LogP contribution is -2.16. The van der Waals surface area contributed by atoms with E-state index in [0.29, 0.717) is 12.8 Å². The number of hydrogen-bond acceptors (Lipinski definition) is 3. The van der Waals surface area contributed by atoms with E-state index >= 15 is 0 Å². The van der Waals surface area contributed by atoms with Crippen LogP contribution in [0.3, 0.4) is 0 Å². The van der Waals surface area contributed by atoms with Crippen molar-refractivity contribution in [1.29, 1.82) is 0 Å². The Labute approximate surface area is 84.5 Å². The van der Waals surface area contributed by atoms with Gasteiger partial charge in [-0.15, -0.1) is 0 Å². The normalized spacial score (nSPS) is 12.9. The second-order valence-corrected chi connectivity index (χ2v) is 3.21. The smallest absolute Gasteiger partial charge is 0.331 e. The van der Waals surface area contributed by atoms with Gasteiger partial charge < -0.3 is 14.6 Å². The Morgan fingerprint density at radius 3 is 2.21 bits per heavy atom. The van der Waals surface area contributed by atoms with Gasteiger partial charge in [0.05, 0.1) is 0 Å². The van der Waals surface area contributed by atoms with Crippen LogP contribution in [0.15, 0.2) is 12.2 Å². The molecule has 0 fully saturated rings. The van der Waals surface area contributed by atoms with Crippen molar-refractivity contribution in [3.8, 4) is 0 Å². The largest absolute Gasteiger partial charge is 0.478 e. The molecule has 0 bridgehead atoms. The molecule has 0 amide bonds. The molecule has 0 aliphatic rings. The Kier molecular flexibility index (Phi) is 6.16. The van der Waals surface area contributed by atoms with Crippen LogP contribution in [0.5, 0.6) is 0 Å². The van der Waals surface area contributed by atoms with E-state index in [1.807, 2.05) is 6.92 Å². The third kappa shape index (κ3) is 4.39. The average molecular weight is 202 g/mol. The minimum Gasteiger partial charge on any atom is -0.478 e. The van der Waals surface area contributed by atoms with E-state index in [2.05, 4.69) is 6.58 Å². The van der Waals surface area contributed by atoms with Gasteiger partial charge in [0.25, 0.3) is 0 Å². The number of ether oxygens (including phenoxy) is 2. The van der Waals surface area contributed by atoms with Crippen LogP contribution in [0.1, 0.15) is 19.8 Å². The van der Waals surface area contributed by atoms with Crippen molar-refractivity contribution in [2.24, 2.45) is 5.92 Å². The third-order valence-corrected chi connectivity index (χ3v) is 2.23. The maximum Gasteiger partial charge on any atom is 0.331 e. The van der Waals surface area contributed by atoms with Crippen LogP contribution in [0.2, 0.25) is 0 Å². The molecule has 0 aliphatic carbocycles. The molecule has 4 nitrogen and oxygen atoms in total. The highest BCUT2D eigenvalue weighted by Gasteiger charge is 2.15. The van der Waals surface area contributed by atoms with Crippen LogP contribution in [-0.4, -0.2) is 31.6 Å². The summed E-state index contributed by atoms with van der Waals surface area (Å²) in [4.78, 5) is 10.6. The number of rotatable bonds is 7. The standard InChI is InChI=1S/C10H18O4/c1-7(8(2)10(11)12)5-6-9(13-3)14-4/h7,9H,2,5-6H2,1,3-4H3,(H,11,12). The molecular weight excluding hydrogens is 184 g/mol. The van der Waals surface area contributed by atoms with E-state index < -0.39 is 5.97 Å². The topological polar surface area (TPSA) is 55.8 Å². The van der Waals surface area contributed by atoms with Gasteiger partial charge >= 0.3 is 5.97 Å². The van der Waals surface area contributed by atoms with E-state index in [4.69, 9.17) is 14.6 Å². The second-order valence-electron chi connectivity index (χ2n) is 3.21. The van der Waals surface area contributed by atoms with Gasteiger partial charge in [-0.05, 0) is 18.8 Å². The summed E-state index contributed by atoms with van der Waals surface area (Å²) in [5.41, 5.74) is 0.232. The second kappa shape index (κ2) is 6.56. The van der Waals surface area contributed by atoms with Crippen molar-refractivity contribution in [1.82, 2.24) is 0 Å². The van der Waals surface area contributed by atoms with Gasteiger partial charge in [-0.3, -0.25) is 0 Å². The lowest BCUT2D eigenvalue weighted by Gasteiger charge is -2.16. The highest BCUT2D eigenvalue weighted by Crippen LogP contribution is 2.17. The number of methoxy groups -OCH3 is 2. The number of carboxylic acids is 1. The van der Waals surface area contributed by atoms with Crippen molar-refractivity contribution in [3.63, 3.8) is 0 Å². The minimum atomic E-state index is -0.941. The Bertz CT molecular complexity index is 196. The van der Waals surface area contributed by atoms with Crippen LogP contribution in [0, 0.1) is 5.92 Å². The van der Waals surface area contributed by atoms with Crippen molar-refractivity contribution < 1.29 is 19.4 Å². The first kappa shape index (κ1) is 13.1. The maximum atomic E-state index is 10.6. The highest BCUT2D eigenvalue weighted by atomic mass is 16.7. The van der Waals surface area contributed by atoms with Gasteiger partial charge in [-0.2, -0.15) is 0 Å². The van der Waals surface area contributed by atoms with E-state index in [1.54, 1.807) is 14.2 Å². The number of carboxylic acid groups (broad SMARTS) is 1. The Hall–Kier alpha value is -0.870. The highest BCUT2D eigenvalue weighted by molar-refractivity contribution is 5.86. The fourth-order valence-corrected chi connectivity index (χ4v) is 1.10. The zero-order chi connectivity index (χ0) is 11.1. The maximum absolute atomic E-state index is 10.6. The van der Waals surface area contributed by atoms with Gasteiger partial charge in [0, 0.05) is 19.8 Å². The fraction of sp³-hybridized carbons (Fsp3) is 0.700. The summed E-state index contributed by atoms with van der Waals surface area (Å²) in [7, 11) is 3.12. The predicted octanol–water partition coefficient (Wildman–Crippen LogP) is 1.66. The summed E-state index contributed by atoms with van der Waals surface area (Å²) in [6, 6.07) is 0. The summed E-state index contributed by atoms with van der Waals surface area (Å²) in [6.45, 7) is 5.33. The van der Waals surface area contributed by atoms with Gasteiger partial charge in [0.2, 0.25) is 0 Å². The SMILES string of the molecule is C=C(C(=O)O)C(C)CCC(OC)OC. The monoisotopic (exact) mass is 202 g/mol. The van der Waals surface area contributed by atoms with Crippen LogP contribution < -0.4 is 0 Å². The van der Waals surface area contributed by atoms with Crippen molar-refractivity contribution in [2.45, 2.75) is 26.1 Å². The lowest BCUT2D eigenvalue weighted by atomic mass is 9.97. The molecule has 1 atom stereocenters. The third-order valence-electron chi connectivity index (χ3n) is 2.23. The molecule has 82 valence electrons. The molecule has 1 N–H and O–H groups in total. The van der Waals surface area contributed by atoms with Crippen LogP contribution in [0.25, 0.3) is 0 Å². The summed E-state index contributed by atoms with van der Waals surface area (Å²) < 4.78 is 9.98. The molecule has 0 aromatic rings. The number of carbonyl (C=O) groups is 1. The van der Waals surface area contributed by atoms with Gasteiger partial charge in [0.1, 0.15) is 0 Å². The first-order valence-corrected chi connectivity index (χ1v) is 4.50. The predicted molar refractivity (Wildman–Crippen MR) is 53.0 cm³/mol. The molecule has 0 aromatic heterocycles. The molecule has 0 radical (unpaired) electrons. The summed E-state index contributed by atoms with van der Waals surface area (Å²) in [5.74, 6) is -0.996. The first-order chi connectivity index (χ1) is 6.52. The van der Waals surface area contributed by atoms with Crippen molar-refractivity contribution >= 4 is 5.97 Å². The first-order valence-electron chi connectivity index (χ1n) is 4.50. The summed E-state index contributed by atoms with van der Waals surface area (Å²) >= 11 is 0. The molecule has 0 aliphatic heterocycles. The Morgan fingerprint density at radius 1 is 1.36 bits per heavy atom. The molecule has 0 saturated carbocycles. The summed E-state index contributed by atoms with van der Waals surface area (Å²) in [6.07, 6.45) is 1.09. The van der Waals surface area contributed by atoms with Crippen molar-refractivity contribution in [3.05, 3.63) is 12.2 Å². The van der Waals surface area contributed by atoms with Crippen molar-refractivity contribution in [2.75, 3.05) is 14.2 Å². The zero-order valence-electron chi connectivity index (χ0n) is 8.95. The van der Waals surface area contributed by atoms with E-state index in [1.165, 1.54) is 0 Å². The molecule has 4 heteroatoms. The Balaban J connectivity index is 3.89. The van der Waals surface area contributed by atoms with E-state index in [9.17, 15) is 4.79 Å². The Morgan fingerprint density at radius 2 is 1.86 bits per heavy atom. The molecule has 0 aromatic carbocycles. The molecule has 0 rings (SSSR count). The van der Waals surface area contributed by atoms with Gasteiger partial charge in [-0.1, -0.05) is 13.5 Å². The molecule has 0 spiro atoms. The molecule has 14 heavy (non-hydrogen) atoms. The zero-order valence-corrected chi connectivity index (χ0v) is 8.95. The average Bonchev–Trinajstić information content (AvgIpc) is 2.17. The number of hydrogen-bond donors (Lipinski definition) is 1. The fourth-order valence-electron chi connectivity index (χ4n) is 1.10. The number of aliphatic carboxylic acids is 1.